The third kappa shape index (κ3) is 3.36. The smallest absolute Gasteiger partial charge is 0.0701 e. The molecule has 1 aromatic rings. The summed E-state index contributed by atoms with van der Waals surface area (Å²) in [5.74, 6) is 0. The molecule has 0 spiro atoms. The van der Waals surface area contributed by atoms with Crippen LogP contribution in [0.25, 0.3) is 0 Å². The maximum absolute atomic E-state index is 3.44. The van der Waals surface area contributed by atoms with Crippen LogP contribution < -0.4 is 0 Å². The fraction of sp³-hybridized carbons (Fsp3) is 0.500. The van der Waals surface area contributed by atoms with E-state index in [1.807, 2.05) is 11.3 Å². The Bertz CT molecular complexity index is 220. The van der Waals surface area contributed by atoms with Gasteiger partial charge in [-0.15, -0.1) is 11.3 Å². The Morgan fingerprint density at radius 1 is 1.45 bits per heavy atom. The number of hydrogen-bond acceptors (Lipinski definition) is 2. The quantitative estimate of drug-likeness (QED) is 0.777. The van der Waals surface area contributed by atoms with E-state index in [1.54, 1.807) is 0 Å². The number of nitrogens with zero attached hydrogens (tertiary/aromatic N) is 1. The van der Waals surface area contributed by atoms with E-state index >= 15 is 0 Å². The fourth-order valence-electron chi connectivity index (χ4n) is 0.820. The summed E-state index contributed by atoms with van der Waals surface area (Å²) in [4.78, 5) is 3.65. The van der Waals surface area contributed by atoms with Crippen LogP contribution in [0.15, 0.2) is 15.9 Å². The molecule has 0 N–H and O–H groups in total. The highest BCUT2D eigenvalue weighted by molar-refractivity contribution is 9.11. The van der Waals surface area contributed by atoms with E-state index in [-0.39, 0.29) is 0 Å². The molecule has 0 saturated carbocycles. The maximum atomic E-state index is 3.44. The van der Waals surface area contributed by atoms with Crippen molar-refractivity contribution >= 4 is 27.3 Å². The molecular weight excluding hydrogens is 222 g/mol. The summed E-state index contributed by atoms with van der Waals surface area (Å²) in [5, 5.41) is 0. The van der Waals surface area contributed by atoms with Gasteiger partial charge in [-0.1, -0.05) is 0 Å². The molecule has 0 aliphatic carbocycles. The molecule has 0 bridgehead atoms. The van der Waals surface area contributed by atoms with Crippen LogP contribution >= 0.6 is 27.3 Å². The minimum Gasteiger partial charge on any atom is -0.309 e. The number of halogens is 1. The van der Waals surface area contributed by atoms with Gasteiger partial charge in [-0.25, -0.2) is 0 Å². The maximum Gasteiger partial charge on any atom is 0.0701 e. The molecule has 0 unspecified atom stereocenters. The van der Waals surface area contributed by atoms with E-state index in [1.165, 1.54) is 8.66 Å². The van der Waals surface area contributed by atoms with Gasteiger partial charge in [-0.2, -0.15) is 0 Å². The second-order valence-electron chi connectivity index (χ2n) is 2.76. The highest BCUT2D eigenvalue weighted by Crippen LogP contribution is 2.22. The standard InChI is InChI=1S/C8H12BrNS/c1-10(2)6-5-7-3-4-8(9)11-7/h3-4H,5-6H2,1-2H3. The molecule has 0 amide bonds. The first kappa shape index (κ1) is 9.23. The number of rotatable bonds is 3. The lowest BCUT2D eigenvalue weighted by molar-refractivity contribution is 0.415. The van der Waals surface area contributed by atoms with Gasteiger partial charge in [0.1, 0.15) is 0 Å². The van der Waals surface area contributed by atoms with Gasteiger partial charge in [0, 0.05) is 11.4 Å². The lowest BCUT2D eigenvalue weighted by Gasteiger charge is -2.06. The largest absolute Gasteiger partial charge is 0.309 e. The van der Waals surface area contributed by atoms with E-state index in [9.17, 15) is 0 Å². The predicted molar refractivity (Wildman–Crippen MR) is 54.3 cm³/mol. The van der Waals surface area contributed by atoms with Crippen molar-refractivity contribution in [3.05, 3.63) is 20.8 Å². The van der Waals surface area contributed by atoms with Crippen LogP contribution in [0.5, 0.6) is 0 Å². The minimum absolute atomic E-state index is 1.13. The summed E-state index contributed by atoms with van der Waals surface area (Å²) in [7, 11) is 4.20. The zero-order valence-corrected chi connectivity index (χ0v) is 9.20. The zero-order chi connectivity index (χ0) is 8.27. The highest BCUT2D eigenvalue weighted by atomic mass is 79.9. The third-order valence-electron chi connectivity index (χ3n) is 1.43. The Kier molecular flexibility index (Phi) is 3.55. The summed E-state index contributed by atoms with van der Waals surface area (Å²) in [6.45, 7) is 1.13. The number of hydrogen-bond donors (Lipinski definition) is 0. The molecule has 0 radical (unpaired) electrons. The van der Waals surface area contributed by atoms with E-state index in [4.69, 9.17) is 0 Å². The van der Waals surface area contributed by atoms with Gasteiger partial charge in [0.2, 0.25) is 0 Å². The van der Waals surface area contributed by atoms with Gasteiger partial charge < -0.3 is 4.90 Å². The first-order chi connectivity index (χ1) is 5.18. The first-order valence-corrected chi connectivity index (χ1v) is 5.18. The number of thiophene rings is 1. The van der Waals surface area contributed by atoms with Gasteiger partial charge in [-0.05, 0) is 48.6 Å². The van der Waals surface area contributed by atoms with Crippen molar-refractivity contribution in [2.75, 3.05) is 20.6 Å². The molecule has 1 aromatic heterocycles. The second kappa shape index (κ2) is 4.24. The summed E-state index contributed by atoms with van der Waals surface area (Å²) < 4.78 is 1.23. The minimum atomic E-state index is 1.13. The van der Waals surface area contributed by atoms with Gasteiger partial charge in [0.15, 0.2) is 0 Å². The summed E-state index contributed by atoms with van der Waals surface area (Å²) in [6.07, 6.45) is 1.16. The van der Waals surface area contributed by atoms with Gasteiger partial charge in [0.25, 0.3) is 0 Å². The molecule has 1 nitrogen and oxygen atoms in total. The van der Waals surface area contributed by atoms with E-state index < -0.39 is 0 Å². The van der Waals surface area contributed by atoms with E-state index in [0.29, 0.717) is 0 Å². The molecule has 0 atom stereocenters. The molecule has 0 saturated heterocycles. The Hall–Kier alpha value is 0.140. The molecule has 0 fully saturated rings. The Balaban J connectivity index is 2.39. The van der Waals surface area contributed by atoms with Crippen LogP contribution in [0.3, 0.4) is 0 Å². The van der Waals surface area contributed by atoms with Crippen molar-refractivity contribution in [1.82, 2.24) is 4.90 Å². The molecule has 1 heterocycles. The average Bonchev–Trinajstić information content (AvgIpc) is 2.31. The van der Waals surface area contributed by atoms with Gasteiger partial charge in [0.05, 0.1) is 3.79 Å². The average molecular weight is 234 g/mol. The van der Waals surface area contributed by atoms with Crippen LogP contribution in [-0.4, -0.2) is 25.5 Å². The Labute approximate surface area is 80.2 Å². The van der Waals surface area contributed by atoms with Crippen molar-refractivity contribution in [3.8, 4) is 0 Å². The molecule has 11 heavy (non-hydrogen) atoms. The predicted octanol–water partition coefficient (Wildman–Crippen LogP) is 2.61. The highest BCUT2D eigenvalue weighted by Gasteiger charge is 1.97. The first-order valence-electron chi connectivity index (χ1n) is 3.57. The molecule has 3 heteroatoms. The summed E-state index contributed by atoms with van der Waals surface area (Å²) >= 11 is 5.26. The van der Waals surface area contributed by atoms with Gasteiger partial charge >= 0.3 is 0 Å². The van der Waals surface area contributed by atoms with E-state index in [2.05, 4.69) is 47.1 Å². The fourth-order valence-corrected chi connectivity index (χ4v) is 2.29. The molecule has 0 aliphatic rings. The van der Waals surface area contributed by atoms with Gasteiger partial charge in [-0.3, -0.25) is 0 Å². The van der Waals surface area contributed by atoms with E-state index in [0.717, 1.165) is 13.0 Å². The topological polar surface area (TPSA) is 3.24 Å². The molecule has 0 aliphatic heterocycles. The van der Waals surface area contributed by atoms with Crippen LogP contribution in [-0.2, 0) is 6.42 Å². The molecular formula is C8H12BrNS. The van der Waals surface area contributed by atoms with Crippen LogP contribution in [0.4, 0.5) is 0 Å². The number of likely N-dealkylation sites (N-methyl/N-ethyl adjacent to an activating group) is 1. The lowest BCUT2D eigenvalue weighted by Crippen LogP contribution is -2.14. The van der Waals surface area contributed by atoms with Crippen molar-refractivity contribution in [2.45, 2.75) is 6.42 Å². The Morgan fingerprint density at radius 3 is 2.64 bits per heavy atom. The third-order valence-corrected chi connectivity index (χ3v) is 3.12. The SMILES string of the molecule is CN(C)CCc1ccc(Br)s1. The molecule has 1 rings (SSSR count). The van der Waals surface area contributed by atoms with Crippen LogP contribution in [0.1, 0.15) is 4.88 Å². The van der Waals surface area contributed by atoms with Crippen molar-refractivity contribution < 1.29 is 0 Å². The van der Waals surface area contributed by atoms with Crippen LogP contribution in [0, 0.1) is 0 Å². The molecule has 0 aromatic carbocycles. The van der Waals surface area contributed by atoms with Crippen molar-refractivity contribution in [1.29, 1.82) is 0 Å². The summed E-state index contributed by atoms with van der Waals surface area (Å²) in [5.41, 5.74) is 0. The summed E-state index contributed by atoms with van der Waals surface area (Å²) in [6, 6.07) is 4.29. The van der Waals surface area contributed by atoms with Crippen LogP contribution in [0.2, 0.25) is 0 Å². The normalized spacial score (nSPS) is 10.9. The second-order valence-corrected chi connectivity index (χ2v) is 5.31. The molecule has 62 valence electrons. The lowest BCUT2D eigenvalue weighted by atomic mass is 10.3. The van der Waals surface area contributed by atoms with Crippen molar-refractivity contribution in [3.63, 3.8) is 0 Å². The van der Waals surface area contributed by atoms with Crippen molar-refractivity contribution in [2.24, 2.45) is 0 Å². The monoisotopic (exact) mass is 233 g/mol. The zero-order valence-electron chi connectivity index (χ0n) is 6.80. The Morgan fingerprint density at radius 2 is 2.18 bits per heavy atom.